The number of hydrogen-bond donors (Lipinski definition) is 0. The van der Waals surface area contributed by atoms with Crippen LogP contribution in [0.2, 0.25) is 0 Å². The molecule has 0 atom stereocenters. The SMILES string of the molecule is IOCCC1CCCC1. The molecule has 0 aromatic heterocycles. The zero-order chi connectivity index (χ0) is 6.53. The summed E-state index contributed by atoms with van der Waals surface area (Å²) in [6.07, 6.45) is 7.07. The van der Waals surface area contributed by atoms with Crippen molar-refractivity contribution >= 4 is 23.0 Å². The third-order valence-corrected chi connectivity index (χ3v) is 2.52. The zero-order valence-electron chi connectivity index (χ0n) is 5.61. The fourth-order valence-electron chi connectivity index (χ4n) is 1.51. The van der Waals surface area contributed by atoms with Crippen LogP contribution in [0.15, 0.2) is 0 Å². The minimum Gasteiger partial charge on any atom is -0.316 e. The molecule has 0 aromatic carbocycles. The fourth-order valence-corrected chi connectivity index (χ4v) is 1.76. The monoisotopic (exact) mass is 240 g/mol. The normalized spacial score (nSPS) is 21.0. The van der Waals surface area contributed by atoms with Gasteiger partial charge in [0.15, 0.2) is 0 Å². The number of rotatable bonds is 3. The molecule has 54 valence electrons. The van der Waals surface area contributed by atoms with Crippen molar-refractivity contribution in [1.29, 1.82) is 0 Å². The average molecular weight is 240 g/mol. The van der Waals surface area contributed by atoms with Gasteiger partial charge in [-0.1, -0.05) is 25.7 Å². The van der Waals surface area contributed by atoms with Crippen LogP contribution in [0.25, 0.3) is 0 Å². The van der Waals surface area contributed by atoms with Crippen molar-refractivity contribution < 1.29 is 3.07 Å². The van der Waals surface area contributed by atoms with Gasteiger partial charge in [-0.2, -0.15) is 0 Å². The Hall–Kier alpha value is 0.690. The maximum absolute atomic E-state index is 4.97. The van der Waals surface area contributed by atoms with Crippen LogP contribution in [0.4, 0.5) is 0 Å². The zero-order valence-corrected chi connectivity index (χ0v) is 7.76. The lowest BCUT2D eigenvalue weighted by Crippen LogP contribution is -1.96. The highest BCUT2D eigenvalue weighted by atomic mass is 127. The molecule has 1 aliphatic carbocycles. The molecule has 1 fully saturated rings. The van der Waals surface area contributed by atoms with Gasteiger partial charge in [-0.25, -0.2) is 0 Å². The summed E-state index contributed by atoms with van der Waals surface area (Å²) in [6.45, 7) is 0.950. The summed E-state index contributed by atoms with van der Waals surface area (Å²) in [7, 11) is 0. The largest absolute Gasteiger partial charge is 0.316 e. The highest BCUT2D eigenvalue weighted by Crippen LogP contribution is 2.27. The van der Waals surface area contributed by atoms with Gasteiger partial charge in [0.25, 0.3) is 0 Å². The summed E-state index contributed by atoms with van der Waals surface area (Å²) in [4.78, 5) is 0. The first-order chi connectivity index (χ1) is 4.43. The Morgan fingerprint density at radius 1 is 1.33 bits per heavy atom. The minimum absolute atomic E-state index is 0.950. The molecule has 1 aliphatic rings. The summed E-state index contributed by atoms with van der Waals surface area (Å²) in [6, 6.07) is 0. The van der Waals surface area contributed by atoms with Gasteiger partial charge in [0.05, 0.1) is 6.61 Å². The molecule has 0 aliphatic heterocycles. The van der Waals surface area contributed by atoms with Gasteiger partial charge in [0, 0.05) is 0 Å². The first-order valence-corrected chi connectivity index (χ1v) is 4.55. The predicted octanol–water partition coefficient (Wildman–Crippen LogP) is 2.93. The molecule has 0 radical (unpaired) electrons. The van der Waals surface area contributed by atoms with Crippen LogP contribution in [0.1, 0.15) is 32.1 Å². The first kappa shape index (κ1) is 7.79. The van der Waals surface area contributed by atoms with Crippen molar-refractivity contribution in [2.75, 3.05) is 6.61 Å². The molecule has 9 heavy (non-hydrogen) atoms. The maximum Gasteiger partial charge on any atom is 0.109 e. The Balaban J connectivity index is 1.98. The van der Waals surface area contributed by atoms with Crippen LogP contribution >= 0.6 is 23.0 Å². The average Bonchev–Trinajstić information content (AvgIpc) is 2.34. The standard InChI is InChI=1S/C7H13IO/c8-9-6-5-7-3-1-2-4-7/h7H,1-6H2. The van der Waals surface area contributed by atoms with E-state index in [4.69, 9.17) is 3.07 Å². The second-order valence-corrected chi connectivity index (χ2v) is 3.38. The Labute approximate surface area is 70.9 Å². The van der Waals surface area contributed by atoms with Crippen LogP contribution < -0.4 is 0 Å². The van der Waals surface area contributed by atoms with Crippen molar-refractivity contribution in [3.05, 3.63) is 0 Å². The fraction of sp³-hybridized carbons (Fsp3) is 1.00. The van der Waals surface area contributed by atoms with E-state index in [9.17, 15) is 0 Å². The Morgan fingerprint density at radius 3 is 2.56 bits per heavy atom. The first-order valence-electron chi connectivity index (χ1n) is 3.67. The summed E-state index contributed by atoms with van der Waals surface area (Å²) in [5.74, 6) is 0.986. The Morgan fingerprint density at radius 2 is 2.00 bits per heavy atom. The van der Waals surface area contributed by atoms with Crippen molar-refractivity contribution in [2.45, 2.75) is 32.1 Å². The molecule has 2 heteroatoms. The molecule has 0 unspecified atom stereocenters. The van der Waals surface area contributed by atoms with Gasteiger partial charge in [-0.05, 0) is 12.3 Å². The van der Waals surface area contributed by atoms with Gasteiger partial charge in [0.2, 0.25) is 0 Å². The molecule has 0 spiro atoms. The van der Waals surface area contributed by atoms with Crippen LogP contribution in [-0.4, -0.2) is 6.61 Å². The van der Waals surface area contributed by atoms with E-state index in [2.05, 4.69) is 0 Å². The molecule has 0 saturated heterocycles. The number of halogens is 1. The summed E-state index contributed by atoms with van der Waals surface area (Å²) >= 11 is 1.97. The highest BCUT2D eigenvalue weighted by molar-refractivity contribution is 14.1. The van der Waals surface area contributed by atoms with Crippen LogP contribution in [0.5, 0.6) is 0 Å². The van der Waals surface area contributed by atoms with E-state index < -0.39 is 0 Å². The summed E-state index contributed by atoms with van der Waals surface area (Å²) < 4.78 is 4.97. The van der Waals surface area contributed by atoms with Gasteiger partial charge < -0.3 is 3.07 Å². The third kappa shape index (κ3) is 2.85. The topological polar surface area (TPSA) is 9.23 Å². The number of hydrogen-bond acceptors (Lipinski definition) is 1. The summed E-state index contributed by atoms with van der Waals surface area (Å²) in [5, 5.41) is 0. The predicted molar refractivity (Wildman–Crippen MR) is 46.5 cm³/mol. The third-order valence-electron chi connectivity index (χ3n) is 2.08. The molecular formula is C7H13IO. The molecule has 1 rings (SSSR count). The molecule has 0 aromatic rings. The molecular weight excluding hydrogens is 227 g/mol. The lowest BCUT2D eigenvalue weighted by atomic mass is 10.1. The Bertz CT molecular complexity index is 69.3. The molecule has 0 amide bonds. The van der Waals surface area contributed by atoms with E-state index in [1.165, 1.54) is 32.1 Å². The smallest absolute Gasteiger partial charge is 0.109 e. The lowest BCUT2D eigenvalue weighted by Gasteiger charge is -2.04. The molecule has 0 N–H and O–H groups in total. The van der Waals surface area contributed by atoms with E-state index in [0.29, 0.717) is 0 Å². The highest BCUT2D eigenvalue weighted by Gasteiger charge is 2.13. The summed E-state index contributed by atoms with van der Waals surface area (Å²) in [5.41, 5.74) is 0. The van der Waals surface area contributed by atoms with Gasteiger partial charge >= 0.3 is 0 Å². The van der Waals surface area contributed by atoms with E-state index in [-0.39, 0.29) is 0 Å². The van der Waals surface area contributed by atoms with Crippen molar-refractivity contribution in [2.24, 2.45) is 5.92 Å². The van der Waals surface area contributed by atoms with E-state index in [0.717, 1.165) is 12.5 Å². The van der Waals surface area contributed by atoms with Crippen LogP contribution in [0, 0.1) is 5.92 Å². The van der Waals surface area contributed by atoms with Crippen molar-refractivity contribution in [3.8, 4) is 0 Å². The maximum atomic E-state index is 4.97. The van der Waals surface area contributed by atoms with Gasteiger partial charge in [0.1, 0.15) is 23.0 Å². The van der Waals surface area contributed by atoms with E-state index in [1.54, 1.807) is 0 Å². The van der Waals surface area contributed by atoms with Crippen LogP contribution in [0.3, 0.4) is 0 Å². The van der Waals surface area contributed by atoms with Crippen LogP contribution in [-0.2, 0) is 3.07 Å². The quantitative estimate of drug-likeness (QED) is 0.689. The van der Waals surface area contributed by atoms with E-state index in [1.807, 2.05) is 23.0 Å². The Kier molecular flexibility index (Phi) is 3.89. The second kappa shape index (κ2) is 4.50. The molecule has 1 nitrogen and oxygen atoms in total. The van der Waals surface area contributed by atoms with E-state index >= 15 is 0 Å². The van der Waals surface area contributed by atoms with Gasteiger partial charge in [-0.15, -0.1) is 0 Å². The molecule has 1 saturated carbocycles. The lowest BCUT2D eigenvalue weighted by molar-refractivity contribution is 0.355. The minimum atomic E-state index is 0.950. The van der Waals surface area contributed by atoms with Crippen molar-refractivity contribution in [1.82, 2.24) is 0 Å². The molecule has 0 heterocycles. The van der Waals surface area contributed by atoms with Crippen molar-refractivity contribution in [3.63, 3.8) is 0 Å². The molecule has 0 bridgehead atoms. The second-order valence-electron chi connectivity index (χ2n) is 2.75. The van der Waals surface area contributed by atoms with Gasteiger partial charge in [-0.3, -0.25) is 0 Å².